The topological polar surface area (TPSA) is 80.3 Å². The fourth-order valence-electron chi connectivity index (χ4n) is 4.45. The molecule has 4 aromatic rings. The minimum atomic E-state index is -0.0206. The number of hydrogen-bond acceptors (Lipinski definition) is 6. The van der Waals surface area contributed by atoms with Gasteiger partial charge in [0.1, 0.15) is 11.2 Å². The van der Waals surface area contributed by atoms with Gasteiger partial charge < -0.3 is 14.2 Å². The summed E-state index contributed by atoms with van der Waals surface area (Å²) in [6.07, 6.45) is 4.03. The number of fused-ring (bicyclic) bond motifs is 1. The predicted molar refractivity (Wildman–Crippen MR) is 127 cm³/mol. The minimum absolute atomic E-state index is 0.0206. The van der Waals surface area contributed by atoms with E-state index in [1.807, 2.05) is 36.9 Å². The van der Waals surface area contributed by atoms with Crippen molar-refractivity contribution in [3.05, 3.63) is 64.4 Å². The van der Waals surface area contributed by atoms with Gasteiger partial charge in [-0.25, -0.2) is 0 Å². The first-order valence-electron chi connectivity index (χ1n) is 11.0. The second-order valence-corrected chi connectivity index (χ2v) is 8.96. The number of carbonyl (C=O) groups excluding carboxylic acids is 1. The number of aromatic nitrogens is 4. The lowest BCUT2D eigenvalue weighted by Crippen LogP contribution is -2.40. The molecule has 1 fully saturated rings. The van der Waals surface area contributed by atoms with Crippen LogP contribution in [0.3, 0.4) is 0 Å². The highest BCUT2D eigenvalue weighted by Gasteiger charge is 2.30. The van der Waals surface area contributed by atoms with E-state index < -0.39 is 0 Å². The van der Waals surface area contributed by atoms with Crippen molar-refractivity contribution >= 4 is 34.6 Å². The molecule has 1 unspecified atom stereocenters. The molecule has 9 heteroatoms. The second kappa shape index (κ2) is 8.51. The molecule has 0 aliphatic carbocycles. The van der Waals surface area contributed by atoms with Crippen LogP contribution in [-0.2, 0) is 0 Å². The third kappa shape index (κ3) is 4.06. The number of amides is 1. The zero-order valence-electron chi connectivity index (χ0n) is 18.8. The van der Waals surface area contributed by atoms with E-state index in [9.17, 15) is 4.79 Å². The smallest absolute Gasteiger partial charge is 0.298 e. The Labute approximate surface area is 196 Å². The van der Waals surface area contributed by atoms with Gasteiger partial charge in [-0.2, -0.15) is 20.0 Å². The normalized spacial score (nSPS) is 16.9. The van der Waals surface area contributed by atoms with E-state index in [2.05, 4.69) is 27.0 Å². The van der Waals surface area contributed by atoms with Gasteiger partial charge in [0, 0.05) is 30.7 Å². The number of nitrogens with zero attached hydrogens (tertiary/aromatic N) is 6. The van der Waals surface area contributed by atoms with Crippen LogP contribution in [0.15, 0.2) is 47.1 Å². The standard InChI is InChI=1S/C24H25ClN6O2/c1-15-12-16(2)22(31-26-7-8-27-31)19(13-15)23(32)30-11-10-29(9-6-17(30)3)24-28-20-14-18(25)4-5-21(20)33-24/h4-5,7-8,12-14,17H,6,9-11H2,1-3H3. The summed E-state index contributed by atoms with van der Waals surface area (Å²) in [4.78, 5) is 24.0. The number of hydrogen-bond donors (Lipinski definition) is 0. The van der Waals surface area contributed by atoms with Crippen LogP contribution in [0.1, 0.15) is 34.8 Å². The van der Waals surface area contributed by atoms with Crippen LogP contribution in [0.2, 0.25) is 5.02 Å². The Balaban J connectivity index is 1.43. The van der Waals surface area contributed by atoms with Crippen molar-refractivity contribution in [2.45, 2.75) is 33.2 Å². The number of carbonyl (C=O) groups is 1. The highest BCUT2D eigenvalue weighted by molar-refractivity contribution is 6.31. The molecule has 1 saturated heterocycles. The fraction of sp³-hybridized carbons (Fsp3) is 0.333. The fourth-order valence-corrected chi connectivity index (χ4v) is 4.62. The number of anilines is 1. The highest BCUT2D eigenvalue weighted by atomic mass is 35.5. The van der Waals surface area contributed by atoms with E-state index in [4.69, 9.17) is 16.0 Å². The molecule has 1 aliphatic rings. The molecule has 2 aromatic carbocycles. The molecule has 1 aliphatic heterocycles. The molecule has 170 valence electrons. The largest absolute Gasteiger partial charge is 0.423 e. The summed E-state index contributed by atoms with van der Waals surface area (Å²) < 4.78 is 5.97. The Morgan fingerprint density at radius 1 is 1.09 bits per heavy atom. The third-order valence-electron chi connectivity index (χ3n) is 6.12. The Morgan fingerprint density at radius 3 is 2.67 bits per heavy atom. The maximum atomic E-state index is 13.8. The monoisotopic (exact) mass is 464 g/mol. The van der Waals surface area contributed by atoms with Gasteiger partial charge in [0.25, 0.3) is 11.9 Å². The third-order valence-corrected chi connectivity index (χ3v) is 6.36. The lowest BCUT2D eigenvalue weighted by atomic mass is 10.0. The van der Waals surface area contributed by atoms with Crippen molar-refractivity contribution in [1.82, 2.24) is 24.9 Å². The molecule has 1 amide bonds. The first-order chi connectivity index (χ1) is 15.9. The lowest BCUT2D eigenvalue weighted by molar-refractivity contribution is 0.0704. The molecule has 3 heterocycles. The molecule has 0 spiro atoms. The maximum absolute atomic E-state index is 13.8. The van der Waals surface area contributed by atoms with Gasteiger partial charge in [-0.3, -0.25) is 4.79 Å². The zero-order valence-corrected chi connectivity index (χ0v) is 19.6. The number of aryl methyl sites for hydroxylation is 2. The van der Waals surface area contributed by atoms with Gasteiger partial charge in [0.2, 0.25) is 0 Å². The molecule has 5 rings (SSSR count). The SMILES string of the molecule is Cc1cc(C)c(-n2nccn2)c(C(=O)N2CCN(c3nc4cc(Cl)ccc4o3)CCC2C)c1. The van der Waals surface area contributed by atoms with E-state index in [0.717, 1.165) is 35.3 Å². The Morgan fingerprint density at radius 2 is 1.88 bits per heavy atom. The Bertz CT molecular complexity index is 1320. The van der Waals surface area contributed by atoms with Crippen LogP contribution < -0.4 is 4.90 Å². The highest BCUT2D eigenvalue weighted by Crippen LogP contribution is 2.28. The van der Waals surface area contributed by atoms with Crippen molar-refractivity contribution in [3.8, 4) is 5.69 Å². The van der Waals surface area contributed by atoms with Crippen LogP contribution in [0, 0.1) is 13.8 Å². The first-order valence-corrected chi connectivity index (χ1v) is 11.4. The summed E-state index contributed by atoms with van der Waals surface area (Å²) >= 11 is 6.09. The summed E-state index contributed by atoms with van der Waals surface area (Å²) in [5, 5.41) is 9.18. The summed E-state index contributed by atoms with van der Waals surface area (Å²) in [5.41, 5.74) is 4.76. The van der Waals surface area contributed by atoms with E-state index in [0.29, 0.717) is 35.3 Å². The minimum Gasteiger partial charge on any atom is -0.423 e. The van der Waals surface area contributed by atoms with Crippen molar-refractivity contribution in [1.29, 1.82) is 0 Å². The van der Waals surface area contributed by atoms with Crippen molar-refractivity contribution in [3.63, 3.8) is 0 Å². The Hall–Kier alpha value is -3.39. The zero-order chi connectivity index (χ0) is 23.1. The van der Waals surface area contributed by atoms with Gasteiger partial charge in [0.05, 0.1) is 18.0 Å². The van der Waals surface area contributed by atoms with Crippen molar-refractivity contribution in [2.75, 3.05) is 24.5 Å². The molecule has 0 radical (unpaired) electrons. The second-order valence-electron chi connectivity index (χ2n) is 8.53. The number of halogens is 1. The van der Waals surface area contributed by atoms with E-state index >= 15 is 0 Å². The quantitative estimate of drug-likeness (QED) is 0.446. The van der Waals surface area contributed by atoms with Crippen LogP contribution >= 0.6 is 11.6 Å². The molecule has 2 aromatic heterocycles. The molecule has 0 N–H and O–H groups in total. The number of oxazole rings is 1. The molecule has 8 nitrogen and oxygen atoms in total. The van der Waals surface area contributed by atoms with Crippen molar-refractivity contribution in [2.24, 2.45) is 0 Å². The number of rotatable bonds is 3. The van der Waals surface area contributed by atoms with E-state index in [-0.39, 0.29) is 11.9 Å². The van der Waals surface area contributed by atoms with Crippen LogP contribution in [0.5, 0.6) is 0 Å². The van der Waals surface area contributed by atoms with Gasteiger partial charge >= 0.3 is 0 Å². The summed E-state index contributed by atoms with van der Waals surface area (Å²) in [7, 11) is 0. The molecule has 0 bridgehead atoms. The first kappa shape index (κ1) is 21.5. The molecular weight excluding hydrogens is 440 g/mol. The van der Waals surface area contributed by atoms with E-state index in [1.54, 1.807) is 24.5 Å². The average molecular weight is 465 g/mol. The predicted octanol–water partition coefficient (Wildman–Crippen LogP) is 4.42. The summed E-state index contributed by atoms with van der Waals surface area (Å²) in [6, 6.07) is 10.00. The van der Waals surface area contributed by atoms with Crippen molar-refractivity contribution < 1.29 is 9.21 Å². The maximum Gasteiger partial charge on any atom is 0.298 e. The van der Waals surface area contributed by atoms with Crippen LogP contribution in [0.25, 0.3) is 16.8 Å². The molecular formula is C24H25ClN6O2. The van der Waals surface area contributed by atoms with Gasteiger partial charge in [-0.1, -0.05) is 17.7 Å². The summed E-state index contributed by atoms with van der Waals surface area (Å²) in [6.45, 7) is 7.98. The van der Waals surface area contributed by atoms with E-state index in [1.165, 1.54) is 4.80 Å². The molecule has 1 atom stereocenters. The van der Waals surface area contributed by atoms with Gasteiger partial charge in [-0.15, -0.1) is 0 Å². The van der Waals surface area contributed by atoms with Crippen LogP contribution in [0.4, 0.5) is 6.01 Å². The summed E-state index contributed by atoms with van der Waals surface area (Å²) in [5.74, 6) is -0.0206. The van der Waals surface area contributed by atoms with Gasteiger partial charge in [0.15, 0.2) is 5.58 Å². The Kier molecular flexibility index (Phi) is 5.54. The average Bonchev–Trinajstić information content (AvgIpc) is 3.40. The number of benzene rings is 2. The molecule has 0 saturated carbocycles. The lowest BCUT2D eigenvalue weighted by Gasteiger charge is -2.28. The van der Waals surface area contributed by atoms with Gasteiger partial charge in [-0.05, 0) is 62.6 Å². The van der Waals surface area contributed by atoms with Crippen LogP contribution in [-0.4, -0.2) is 56.5 Å². The molecule has 33 heavy (non-hydrogen) atoms.